The number of hydrogen-bond donors (Lipinski definition) is 2. The zero-order valence-electron chi connectivity index (χ0n) is 12.6. The van der Waals surface area contributed by atoms with Gasteiger partial charge in [0.25, 0.3) is 0 Å². The number of hydrogen-bond acceptors (Lipinski definition) is 6. The summed E-state index contributed by atoms with van der Waals surface area (Å²) in [4.78, 5) is 35.3. The minimum Gasteiger partial charge on any atom is -0.464 e. The second-order valence-corrected chi connectivity index (χ2v) is 4.90. The quantitative estimate of drug-likeness (QED) is 0.483. The highest BCUT2D eigenvalue weighted by Gasteiger charge is 2.31. The van der Waals surface area contributed by atoms with Crippen LogP contribution in [-0.4, -0.2) is 50.2 Å². The third-order valence-electron chi connectivity index (χ3n) is 3.29. The second kappa shape index (κ2) is 9.33. The largest absolute Gasteiger partial charge is 0.464 e. The molecule has 0 aliphatic carbocycles. The summed E-state index contributed by atoms with van der Waals surface area (Å²) in [5.41, 5.74) is 0. The first-order chi connectivity index (χ1) is 10.1. The third-order valence-corrected chi connectivity index (χ3v) is 3.29. The molecule has 7 heteroatoms. The van der Waals surface area contributed by atoms with Gasteiger partial charge in [0.1, 0.15) is 0 Å². The molecule has 0 aromatic carbocycles. The van der Waals surface area contributed by atoms with Crippen LogP contribution in [0.2, 0.25) is 0 Å². The lowest BCUT2D eigenvalue weighted by molar-refractivity contribution is -0.159. The topological polar surface area (TPSA) is 93.7 Å². The smallest absolute Gasteiger partial charge is 0.340 e. The first-order valence-electron chi connectivity index (χ1n) is 7.41. The maximum absolute atomic E-state index is 11.9. The Hall–Kier alpha value is -1.63. The zero-order valence-corrected chi connectivity index (χ0v) is 12.6. The summed E-state index contributed by atoms with van der Waals surface area (Å²) >= 11 is 0. The molecule has 1 aliphatic heterocycles. The number of carbonyl (C=O) groups is 3. The van der Waals surface area contributed by atoms with Crippen LogP contribution in [0.5, 0.6) is 0 Å². The number of ether oxygens (including phenoxy) is 2. The highest BCUT2D eigenvalue weighted by atomic mass is 16.6. The molecule has 0 bridgehead atoms. The van der Waals surface area contributed by atoms with Crippen LogP contribution < -0.4 is 10.6 Å². The van der Waals surface area contributed by atoms with Gasteiger partial charge in [0.2, 0.25) is 11.9 Å². The van der Waals surface area contributed by atoms with Crippen molar-refractivity contribution in [2.24, 2.45) is 5.92 Å². The summed E-state index contributed by atoms with van der Waals surface area (Å²) in [6.45, 7) is 5.42. The van der Waals surface area contributed by atoms with Gasteiger partial charge in [0.05, 0.1) is 13.2 Å². The van der Waals surface area contributed by atoms with Gasteiger partial charge < -0.3 is 20.1 Å². The van der Waals surface area contributed by atoms with Crippen LogP contribution in [0.4, 0.5) is 0 Å². The van der Waals surface area contributed by atoms with Crippen molar-refractivity contribution in [1.29, 1.82) is 0 Å². The molecule has 1 unspecified atom stereocenters. The van der Waals surface area contributed by atoms with E-state index in [2.05, 4.69) is 10.6 Å². The van der Waals surface area contributed by atoms with Crippen molar-refractivity contribution in [2.75, 3.05) is 26.3 Å². The highest BCUT2D eigenvalue weighted by molar-refractivity contribution is 6.02. The van der Waals surface area contributed by atoms with E-state index >= 15 is 0 Å². The Morgan fingerprint density at radius 2 is 1.81 bits per heavy atom. The van der Waals surface area contributed by atoms with Gasteiger partial charge in [0, 0.05) is 6.42 Å². The Morgan fingerprint density at radius 3 is 2.29 bits per heavy atom. The summed E-state index contributed by atoms with van der Waals surface area (Å²) < 4.78 is 9.57. The highest BCUT2D eigenvalue weighted by Crippen LogP contribution is 2.14. The van der Waals surface area contributed by atoms with Crippen LogP contribution in [-0.2, 0) is 23.9 Å². The predicted molar refractivity (Wildman–Crippen MR) is 75.4 cm³/mol. The Labute approximate surface area is 124 Å². The van der Waals surface area contributed by atoms with Crippen molar-refractivity contribution in [3.63, 3.8) is 0 Å². The molecular formula is C14H24N2O5. The maximum atomic E-state index is 11.9. The molecule has 1 rings (SSSR count). The molecule has 7 nitrogen and oxygen atoms in total. The van der Waals surface area contributed by atoms with Crippen LogP contribution in [0.1, 0.15) is 33.1 Å². The van der Waals surface area contributed by atoms with Crippen LogP contribution >= 0.6 is 0 Å². The molecule has 1 fully saturated rings. The van der Waals surface area contributed by atoms with Gasteiger partial charge in [0.15, 0.2) is 0 Å². The molecule has 0 saturated carbocycles. The van der Waals surface area contributed by atoms with Crippen molar-refractivity contribution in [2.45, 2.75) is 39.2 Å². The van der Waals surface area contributed by atoms with Crippen molar-refractivity contribution in [3.8, 4) is 0 Å². The lowest BCUT2D eigenvalue weighted by Crippen LogP contribution is -2.48. The summed E-state index contributed by atoms with van der Waals surface area (Å²) in [6, 6.07) is -1.38. The molecule has 1 atom stereocenters. The van der Waals surface area contributed by atoms with E-state index in [9.17, 15) is 14.4 Å². The van der Waals surface area contributed by atoms with E-state index in [-0.39, 0.29) is 25.5 Å². The van der Waals surface area contributed by atoms with Crippen molar-refractivity contribution >= 4 is 17.8 Å². The Kier molecular flexibility index (Phi) is 7.74. The van der Waals surface area contributed by atoms with Crippen LogP contribution in [0.25, 0.3) is 0 Å². The van der Waals surface area contributed by atoms with E-state index in [4.69, 9.17) is 9.47 Å². The Bertz CT molecular complexity index is 348. The second-order valence-electron chi connectivity index (χ2n) is 4.90. The van der Waals surface area contributed by atoms with Crippen molar-refractivity contribution in [3.05, 3.63) is 0 Å². The molecule has 1 amide bonds. The van der Waals surface area contributed by atoms with E-state index in [0.717, 1.165) is 25.9 Å². The summed E-state index contributed by atoms with van der Waals surface area (Å²) in [5.74, 6) is -1.44. The van der Waals surface area contributed by atoms with Gasteiger partial charge in [-0.1, -0.05) is 0 Å². The summed E-state index contributed by atoms with van der Waals surface area (Å²) in [6.07, 6.45) is 2.06. The average molecular weight is 300 g/mol. The van der Waals surface area contributed by atoms with Gasteiger partial charge >= 0.3 is 11.9 Å². The SMILES string of the molecule is CCOC(=O)C(NC(=O)CCC1CCNC1)C(=O)OCC. The summed E-state index contributed by atoms with van der Waals surface area (Å²) in [5, 5.41) is 5.63. The van der Waals surface area contributed by atoms with Gasteiger partial charge in [-0.25, -0.2) is 9.59 Å². The lowest BCUT2D eigenvalue weighted by atomic mass is 10.0. The lowest BCUT2D eigenvalue weighted by Gasteiger charge is -2.16. The molecule has 2 N–H and O–H groups in total. The fourth-order valence-electron chi connectivity index (χ4n) is 2.19. The minimum atomic E-state index is -1.38. The molecule has 1 aliphatic rings. The first kappa shape index (κ1) is 17.4. The first-order valence-corrected chi connectivity index (χ1v) is 7.41. The maximum Gasteiger partial charge on any atom is 0.340 e. The van der Waals surface area contributed by atoms with E-state index < -0.39 is 18.0 Å². The normalized spacial score (nSPS) is 17.6. The molecule has 0 aromatic rings. The molecule has 120 valence electrons. The summed E-state index contributed by atoms with van der Waals surface area (Å²) in [7, 11) is 0. The molecule has 0 radical (unpaired) electrons. The van der Waals surface area contributed by atoms with Gasteiger partial charge in [-0.2, -0.15) is 0 Å². The molecule has 0 aromatic heterocycles. The predicted octanol–water partition coefficient (Wildman–Crippen LogP) is -0.0129. The van der Waals surface area contributed by atoms with E-state index in [1.165, 1.54) is 0 Å². The van der Waals surface area contributed by atoms with E-state index in [0.29, 0.717) is 5.92 Å². The Balaban J connectivity index is 2.47. The van der Waals surface area contributed by atoms with Gasteiger partial charge in [-0.05, 0) is 45.7 Å². The number of esters is 2. The average Bonchev–Trinajstić information content (AvgIpc) is 2.96. The van der Waals surface area contributed by atoms with Gasteiger partial charge in [-0.3, -0.25) is 4.79 Å². The van der Waals surface area contributed by atoms with Crippen molar-refractivity contribution in [1.82, 2.24) is 10.6 Å². The van der Waals surface area contributed by atoms with Crippen molar-refractivity contribution < 1.29 is 23.9 Å². The van der Waals surface area contributed by atoms with Crippen LogP contribution in [0.3, 0.4) is 0 Å². The minimum absolute atomic E-state index is 0.137. The van der Waals surface area contributed by atoms with Crippen LogP contribution in [0.15, 0.2) is 0 Å². The number of rotatable bonds is 8. The van der Waals surface area contributed by atoms with Crippen LogP contribution in [0, 0.1) is 5.92 Å². The Morgan fingerprint density at radius 1 is 1.19 bits per heavy atom. The number of amides is 1. The molecule has 1 saturated heterocycles. The molecule has 0 spiro atoms. The van der Waals surface area contributed by atoms with Gasteiger partial charge in [-0.15, -0.1) is 0 Å². The van der Waals surface area contributed by atoms with E-state index in [1.807, 2.05) is 0 Å². The molecule has 1 heterocycles. The molecular weight excluding hydrogens is 276 g/mol. The zero-order chi connectivity index (χ0) is 15.7. The number of nitrogens with one attached hydrogen (secondary N) is 2. The third kappa shape index (κ3) is 6.12. The fourth-order valence-corrected chi connectivity index (χ4v) is 2.19. The standard InChI is InChI=1S/C14H24N2O5/c1-3-20-13(18)12(14(19)21-4-2)16-11(17)6-5-10-7-8-15-9-10/h10,12,15H,3-9H2,1-2H3,(H,16,17). The fraction of sp³-hybridized carbons (Fsp3) is 0.786. The van der Waals surface area contributed by atoms with E-state index in [1.54, 1.807) is 13.8 Å². The monoisotopic (exact) mass is 300 g/mol. The molecule has 21 heavy (non-hydrogen) atoms. The number of carbonyl (C=O) groups excluding carboxylic acids is 3.